The van der Waals surface area contributed by atoms with Gasteiger partial charge in [0.05, 0.1) is 6.54 Å². The van der Waals surface area contributed by atoms with Gasteiger partial charge in [0.25, 0.3) is 5.91 Å². The van der Waals surface area contributed by atoms with E-state index in [1.807, 2.05) is 30.3 Å². The first-order chi connectivity index (χ1) is 12.6. The van der Waals surface area contributed by atoms with E-state index < -0.39 is 0 Å². The van der Waals surface area contributed by atoms with Crippen LogP contribution in [0, 0.1) is 0 Å². The Kier molecular flexibility index (Phi) is 6.53. The number of likely N-dealkylation sites (N-methyl/N-ethyl adjacent to an activating group) is 1. The minimum atomic E-state index is 0.0166. The fraction of sp³-hybridized carbons (Fsp3) is 0.381. The maximum atomic E-state index is 12.7. The molecule has 0 unspecified atom stereocenters. The van der Waals surface area contributed by atoms with Gasteiger partial charge in [-0.3, -0.25) is 9.69 Å². The molecule has 1 heterocycles. The van der Waals surface area contributed by atoms with E-state index in [-0.39, 0.29) is 5.91 Å². The third-order valence-electron chi connectivity index (χ3n) is 4.62. The molecule has 1 saturated heterocycles. The third kappa shape index (κ3) is 5.23. The van der Waals surface area contributed by atoms with Gasteiger partial charge in [-0.15, -0.1) is 0 Å². The molecule has 2 aromatic carbocycles. The number of hydrogen-bond acceptors (Lipinski definition) is 3. The summed E-state index contributed by atoms with van der Waals surface area (Å²) in [7, 11) is 1.80. The molecule has 26 heavy (non-hydrogen) atoms. The molecule has 0 radical (unpaired) electrons. The summed E-state index contributed by atoms with van der Waals surface area (Å²) < 4.78 is 5.67. The Morgan fingerprint density at radius 3 is 2.69 bits per heavy atom. The molecule has 1 amide bonds. The molecule has 0 aliphatic carbocycles. The van der Waals surface area contributed by atoms with Gasteiger partial charge >= 0.3 is 0 Å². The van der Waals surface area contributed by atoms with Gasteiger partial charge in [-0.2, -0.15) is 0 Å². The Balaban J connectivity index is 1.52. The van der Waals surface area contributed by atoms with Crippen molar-refractivity contribution in [3.8, 4) is 5.75 Å². The van der Waals surface area contributed by atoms with Gasteiger partial charge in [0, 0.05) is 24.2 Å². The molecule has 4 nitrogen and oxygen atoms in total. The molecule has 138 valence electrons. The summed E-state index contributed by atoms with van der Waals surface area (Å²) in [5, 5.41) is 0.641. The zero-order chi connectivity index (χ0) is 18.4. The van der Waals surface area contributed by atoms with E-state index >= 15 is 0 Å². The van der Waals surface area contributed by atoms with Crippen LogP contribution in [-0.2, 0) is 6.54 Å². The van der Waals surface area contributed by atoms with E-state index in [4.69, 9.17) is 16.3 Å². The Morgan fingerprint density at radius 2 is 1.92 bits per heavy atom. The standard InChI is InChI=1S/C21H25ClN2O2/c1-23(12-13-26-20-9-5-8-19(22)15-20)21(25)18-7-4-6-17(14-18)16-24-10-2-3-11-24/h4-9,14-15H,2-3,10-13,16H2,1H3. The number of benzene rings is 2. The smallest absolute Gasteiger partial charge is 0.253 e. The maximum absolute atomic E-state index is 12.7. The minimum Gasteiger partial charge on any atom is -0.492 e. The summed E-state index contributed by atoms with van der Waals surface area (Å²) in [5.41, 5.74) is 1.92. The predicted molar refractivity (Wildman–Crippen MR) is 105 cm³/mol. The summed E-state index contributed by atoms with van der Waals surface area (Å²) in [6, 6.07) is 15.2. The zero-order valence-electron chi connectivity index (χ0n) is 15.2. The average Bonchev–Trinajstić information content (AvgIpc) is 3.14. The highest BCUT2D eigenvalue weighted by atomic mass is 35.5. The van der Waals surface area contributed by atoms with Crippen LogP contribution < -0.4 is 4.74 Å². The number of carbonyl (C=O) groups excluding carboxylic acids is 1. The van der Waals surface area contributed by atoms with Crippen LogP contribution in [0.5, 0.6) is 5.75 Å². The van der Waals surface area contributed by atoms with Crippen LogP contribution in [0.4, 0.5) is 0 Å². The summed E-state index contributed by atoms with van der Waals surface area (Å²) in [5.74, 6) is 0.730. The van der Waals surface area contributed by atoms with Crippen molar-refractivity contribution < 1.29 is 9.53 Å². The van der Waals surface area contributed by atoms with Gasteiger partial charge in [-0.1, -0.05) is 29.8 Å². The van der Waals surface area contributed by atoms with E-state index in [1.54, 1.807) is 24.1 Å². The van der Waals surface area contributed by atoms with E-state index in [0.29, 0.717) is 23.9 Å². The molecule has 0 aromatic heterocycles. The molecule has 0 saturated carbocycles. The number of halogens is 1. The molecular formula is C21H25ClN2O2. The van der Waals surface area contributed by atoms with Crippen LogP contribution in [0.1, 0.15) is 28.8 Å². The van der Waals surface area contributed by atoms with E-state index in [1.165, 1.54) is 18.4 Å². The lowest BCUT2D eigenvalue weighted by molar-refractivity contribution is 0.0773. The predicted octanol–water partition coefficient (Wildman–Crippen LogP) is 4.09. The number of hydrogen-bond donors (Lipinski definition) is 0. The lowest BCUT2D eigenvalue weighted by Crippen LogP contribution is -2.31. The number of amides is 1. The Hall–Kier alpha value is -2.04. The molecule has 1 fully saturated rings. The van der Waals surface area contributed by atoms with Crippen LogP contribution in [0.15, 0.2) is 48.5 Å². The first kappa shape index (κ1) is 18.7. The van der Waals surface area contributed by atoms with Crippen LogP contribution in [0.25, 0.3) is 0 Å². The van der Waals surface area contributed by atoms with Crippen LogP contribution in [0.2, 0.25) is 5.02 Å². The highest BCUT2D eigenvalue weighted by Crippen LogP contribution is 2.17. The average molecular weight is 373 g/mol. The topological polar surface area (TPSA) is 32.8 Å². The number of ether oxygens (including phenoxy) is 1. The monoisotopic (exact) mass is 372 g/mol. The quantitative estimate of drug-likeness (QED) is 0.734. The molecular weight excluding hydrogens is 348 g/mol. The molecule has 0 atom stereocenters. The Morgan fingerprint density at radius 1 is 1.15 bits per heavy atom. The molecule has 2 aromatic rings. The highest BCUT2D eigenvalue weighted by Gasteiger charge is 2.15. The molecule has 0 N–H and O–H groups in total. The summed E-state index contributed by atoms with van der Waals surface area (Å²) in [4.78, 5) is 16.8. The second-order valence-corrected chi connectivity index (χ2v) is 7.15. The molecule has 1 aliphatic rings. The molecule has 3 rings (SSSR count). The summed E-state index contributed by atoms with van der Waals surface area (Å²) in [6.07, 6.45) is 2.54. The number of nitrogens with zero attached hydrogens (tertiary/aromatic N) is 2. The van der Waals surface area contributed by atoms with Gasteiger partial charge in [0.2, 0.25) is 0 Å². The fourth-order valence-electron chi connectivity index (χ4n) is 3.18. The van der Waals surface area contributed by atoms with E-state index in [9.17, 15) is 4.79 Å². The number of likely N-dealkylation sites (tertiary alicyclic amines) is 1. The van der Waals surface area contributed by atoms with Crippen molar-refractivity contribution in [2.45, 2.75) is 19.4 Å². The van der Waals surface area contributed by atoms with Crippen LogP contribution in [0.3, 0.4) is 0 Å². The first-order valence-corrected chi connectivity index (χ1v) is 9.45. The largest absolute Gasteiger partial charge is 0.492 e. The van der Waals surface area contributed by atoms with Gasteiger partial charge in [-0.05, 0) is 61.8 Å². The summed E-state index contributed by atoms with van der Waals surface area (Å²) >= 11 is 5.94. The van der Waals surface area contributed by atoms with Crippen molar-refractivity contribution >= 4 is 17.5 Å². The van der Waals surface area contributed by atoms with Crippen molar-refractivity contribution in [2.75, 3.05) is 33.3 Å². The van der Waals surface area contributed by atoms with E-state index in [0.717, 1.165) is 25.2 Å². The molecule has 5 heteroatoms. The van der Waals surface area contributed by atoms with Gasteiger partial charge in [-0.25, -0.2) is 0 Å². The van der Waals surface area contributed by atoms with Crippen molar-refractivity contribution in [1.82, 2.24) is 9.80 Å². The molecule has 0 spiro atoms. The lowest BCUT2D eigenvalue weighted by Gasteiger charge is -2.19. The number of carbonyl (C=O) groups is 1. The van der Waals surface area contributed by atoms with Crippen LogP contribution >= 0.6 is 11.6 Å². The SMILES string of the molecule is CN(CCOc1cccc(Cl)c1)C(=O)c1cccc(CN2CCCC2)c1. The molecule has 1 aliphatic heterocycles. The van der Waals surface area contributed by atoms with Gasteiger partial charge in [0.15, 0.2) is 0 Å². The lowest BCUT2D eigenvalue weighted by atomic mass is 10.1. The maximum Gasteiger partial charge on any atom is 0.253 e. The normalized spacial score (nSPS) is 14.4. The third-order valence-corrected chi connectivity index (χ3v) is 4.85. The second kappa shape index (κ2) is 9.06. The summed E-state index contributed by atoms with van der Waals surface area (Å²) in [6.45, 7) is 4.16. The minimum absolute atomic E-state index is 0.0166. The van der Waals surface area contributed by atoms with Crippen LogP contribution in [-0.4, -0.2) is 49.0 Å². The van der Waals surface area contributed by atoms with Crippen molar-refractivity contribution in [1.29, 1.82) is 0 Å². The molecule has 0 bridgehead atoms. The first-order valence-electron chi connectivity index (χ1n) is 9.07. The van der Waals surface area contributed by atoms with Crippen molar-refractivity contribution in [3.63, 3.8) is 0 Å². The Labute approximate surface area is 160 Å². The van der Waals surface area contributed by atoms with Gasteiger partial charge < -0.3 is 9.64 Å². The highest BCUT2D eigenvalue weighted by molar-refractivity contribution is 6.30. The van der Waals surface area contributed by atoms with E-state index in [2.05, 4.69) is 11.0 Å². The second-order valence-electron chi connectivity index (χ2n) is 6.72. The zero-order valence-corrected chi connectivity index (χ0v) is 15.9. The number of rotatable bonds is 7. The van der Waals surface area contributed by atoms with Gasteiger partial charge in [0.1, 0.15) is 12.4 Å². The fourth-order valence-corrected chi connectivity index (χ4v) is 3.36. The van der Waals surface area contributed by atoms with Crippen molar-refractivity contribution in [3.05, 3.63) is 64.7 Å². The Bertz CT molecular complexity index is 744. The van der Waals surface area contributed by atoms with Crippen molar-refractivity contribution in [2.24, 2.45) is 0 Å².